The molecule has 1 aromatic heterocycles. The van der Waals surface area contributed by atoms with Crippen LogP contribution in [0.3, 0.4) is 0 Å². The van der Waals surface area contributed by atoms with Crippen molar-refractivity contribution in [2.24, 2.45) is 5.92 Å². The number of H-pyrrole nitrogens is 1. The average Bonchev–Trinajstić information content (AvgIpc) is 2.78. The van der Waals surface area contributed by atoms with E-state index < -0.39 is 0 Å². The Bertz CT molecular complexity index is 471. The standard InChI is InChI=1S/C14H18N2S/c1-10(2)7-11-3-5-12(6-4-11)13-8-15-14(9-17)16-13/h3-6,8,10,17H,7,9H2,1-2H3,(H,15,16). The first-order valence-corrected chi connectivity index (χ1v) is 6.56. The molecular weight excluding hydrogens is 228 g/mol. The molecule has 0 aliphatic rings. The van der Waals surface area contributed by atoms with Crippen molar-refractivity contribution in [3.05, 3.63) is 41.9 Å². The van der Waals surface area contributed by atoms with Crippen molar-refractivity contribution in [1.29, 1.82) is 0 Å². The zero-order valence-corrected chi connectivity index (χ0v) is 11.2. The molecule has 0 saturated heterocycles. The molecule has 0 saturated carbocycles. The van der Waals surface area contributed by atoms with Crippen LogP contribution in [0.1, 0.15) is 25.2 Å². The number of imidazole rings is 1. The maximum absolute atomic E-state index is 4.25. The molecule has 2 rings (SSSR count). The number of aromatic amines is 1. The van der Waals surface area contributed by atoms with Gasteiger partial charge in [-0.05, 0) is 23.5 Å². The van der Waals surface area contributed by atoms with Crippen molar-refractivity contribution in [3.63, 3.8) is 0 Å². The van der Waals surface area contributed by atoms with Crippen molar-refractivity contribution < 1.29 is 0 Å². The van der Waals surface area contributed by atoms with Gasteiger partial charge >= 0.3 is 0 Å². The fourth-order valence-corrected chi connectivity index (χ4v) is 2.04. The van der Waals surface area contributed by atoms with Crippen LogP contribution in [0.5, 0.6) is 0 Å². The molecule has 0 radical (unpaired) electrons. The zero-order valence-electron chi connectivity index (χ0n) is 10.3. The molecule has 0 unspecified atom stereocenters. The number of nitrogens with zero attached hydrogens (tertiary/aromatic N) is 1. The van der Waals surface area contributed by atoms with Crippen molar-refractivity contribution in [1.82, 2.24) is 9.97 Å². The summed E-state index contributed by atoms with van der Waals surface area (Å²) in [6.45, 7) is 4.48. The van der Waals surface area contributed by atoms with Crippen molar-refractivity contribution in [2.45, 2.75) is 26.0 Å². The minimum atomic E-state index is 0.644. The molecular formula is C14H18N2S. The van der Waals surface area contributed by atoms with Crippen LogP contribution in [0.2, 0.25) is 0 Å². The number of benzene rings is 1. The highest BCUT2D eigenvalue weighted by Gasteiger charge is 2.03. The van der Waals surface area contributed by atoms with Gasteiger partial charge in [0.05, 0.1) is 11.9 Å². The Labute approximate surface area is 108 Å². The maximum atomic E-state index is 4.25. The molecule has 0 fully saturated rings. The summed E-state index contributed by atoms with van der Waals surface area (Å²) >= 11 is 4.20. The number of rotatable bonds is 4. The average molecular weight is 246 g/mol. The van der Waals surface area contributed by atoms with Crippen LogP contribution in [-0.4, -0.2) is 9.97 Å². The van der Waals surface area contributed by atoms with Crippen molar-refractivity contribution in [3.8, 4) is 11.3 Å². The molecule has 90 valence electrons. The Morgan fingerprint density at radius 2 is 1.94 bits per heavy atom. The Kier molecular flexibility index (Phi) is 3.89. The van der Waals surface area contributed by atoms with Crippen LogP contribution in [0.4, 0.5) is 0 Å². The van der Waals surface area contributed by atoms with Gasteiger partial charge in [0.15, 0.2) is 0 Å². The third-order valence-electron chi connectivity index (χ3n) is 2.69. The van der Waals surface area contributed by atoms with Gasteiger partial charge in [0.2, 0.25) is 0 Å². The van der Waals surface area contributed by atoms with E-state index in [1.54, 1.807) is 0 Å². The lowest BCUT2D eigenvalue weighted by atomic mass is 10.0. The first-order valence-electron chi connectivity index (χ1n) is 5.93. The van der Waals surface area contributed by atoms with E-state index in [1.165, 1.54) is 11.1 Å². The lowest BCUT2D eigenvalue weighted by molar-refractivity contribution is 0.647. The first kappa shape index (κ1) is 12.2. The Balaban J connectivity index is 2.17. The van der Waals surface area contributed by atoms with Gasteiger partial charge in [0.25, 0.3) is 0 Å². The van der Waals surface area contributed by atoms with Gasteiger partial charge in [-0.15, -0.1) is 0 Å². The molecule has 0 aliphatic carbocycles. The van der Waals surface area contributed by atoms with Crippen LogP contribution in [0, 0.1) is 5.92 Å². The van der Waals surface area contributed by atoms with E-state index in [-0.39, 0.29) is 0 Å². The topological polar surface area (TPSA) is 28.7 Å². The monoisotopic (exact) mass is 246 g/mol. The highest BCUT2D eigenvalue weighted by Crippen LogP contribution is 2.19. The van der Waals surface area contributed by atoms with Crippen LogP contribution >= 0.6 is 12.6 Å². The molecule has 0 aliphatic heterocycles. The lowest BCUT2D eigenvalue weighted by Crippen LogP contribution is -1.93. The summed E-state index contributed by atoms with van der Waals surface area (Å²) in [4.78, 5) is 7.50. The summed E-state index contributed by atoms with van der Waals surface area (Å²) in [5.41, 5.74) is 3.63. The molecule has 0 bridgehead atoms. The highest BCUT2D eigenvalue weighted by atomic mass is 32.1. The van der Waals surface area contributed by atoms with E-state index in [2.05, 4.69) is 60.7 Å². The predicted molar refractivity (Wildman–Crippen MR) is 75.3 cm³/mol. The van der Waals surface area contributed by atoms with Crippen molar-refractivity contribution in [2.75, 3.05) is 0 Å². The fourth-order valence-electron chi connectivity index (χ4n) is 1.88. The fraction of sp³-hybridized carbons (Fsp3) is 0.357. The highest BCUT2D eigenvalue weighted by molar-refractivity contribution is 7.79. The summed E-state index contributed by atoms with van der Waals surface area (Å²) in [6.07, 6.45) is 2.99. The van der Waals surface area contributed by atoms with Gasteiger partial charge in [0, 0.05) is 5.75 Å². The summed E-state index contributed by atoms with van der Waals surface area (Å²) in [6, 6.07) is 8.67. The second kappa shape index (κ2) is 5.41. The first-order chi connectivity index (χ1) is 8.19. The van der Waals surface area contributed by atoms with Gasteiger partial charge in [-0.1, -0.05) is 38.1 Å². The van der Waals surface area contributed by atoms with Gasteiger partial charge in [0.1, 0.15) is 5.82 Å². The summed E-state index contributed by atoms with van der Waals surface area (Å²) < 4.78 is 0. The van der Waals surface area contributed by atoms with E-state index >= 15 is 0 Å². The van der Waals surface area contributed by atoms with Crippen LogP contribution in [0.15, 0.2) is 30.5 Å². The van der Waals surface area contributed by atoms with Crippen LogP contribution in [-0.2, 0) is 12.2 Å². The summed E-state index contributed by atoms with van der Waals surface area (Å²) in [5, 5.41) is 0. The maximum Gasteiger partial charge on any atom is 0.116 e. The Morgan fingerprint density at radius 3 is 2.47 bits per heavy atom. The van der Waals surface area contributed by atoms with E-state index in [0.29, 0.717) is 11.7 Å². The van der Waals surface area contributed by atoms with Crippen LogP contribution < -0.4 is 0 Å². The minimum absolute atomic E-state index is 0.644. The molecule has 0 atom stereocenters. The molecule has 1 N–H and O–H groups in total. The van der Waals surface area contributed by atoms with E-state index in [4.69, 9.17) is 0 Å². The normalized spacial score (nSPS) is 11.1. The van der Waals surface area contributed by atoms with Gasteiger partial charge in [-0.25, -0.2) is 4.98 Å². The SMILES string of the molecule is CC(C)Cc1ccc(-c2cnc(CS)[nH]2)cc1. The quantitative estimate of drug-likeness (QED) is 0.791. The van der Waals surface area contributed by atoms with Crippen molar-refractivity contribution >= 4 is 12.6 Å². The minimum Gasteiger partial charge on any atom is -0.341 e. The number of thiol groups is 1. The molecule has 1 aromatic carbocycles. The van der Waals surface area contributed by atoms with Gasteiger partial charge in [-0.2, -0.15) is 12.6 Å². The predicted octanol–water partition coefficient (Wildman–Crippen LogP) is 3.71. The Morgan fingerprint density at radius 1 is 1.24 bits per heavy atom. The smallest absolute Gasteiger partial charge is 0.116 e. The third-order valence-corrected chi connectivity index (χ3v) is 2.99. The summed E-state index contributed by atoms with van der Waals surface area (Å²) in [7, 11) is 0. The number of nitrogens with one attached hydrogen (secondary N) is 1. The second-order valence-electron chi connectivity index (χ2n) is 4.70. The molecule has 0 amide bonds. The third kappa shape index (κ3) is 3.13. The summed E-state index contributed by atoms with van der Waals surface area (Å²) in [5.74, 6) is 2.25. The van der Waals surface area contributed by atoms with Gasteiger partial charge < -0.3 is 4.98 Å². The van der Waals surface area contributed by atoms with E-state index in [0.717, 1.165) is 17.9 Å². The largest absolute Gasteiger partial charge is 0.341 e. The Hall–Kier alpha value is -1.22. The molecule has 2 nitrogen and oxygen atoms in total. The zero-order chi connectivity index (χ0) is 12.3. The molecule has 2 aromatic rings. The number of aromatic nitrogens is 2. The van der Waals surface area contributed by atoms with Gasteiger partial charge in [-0.3, -0.25) is 0 Å². The molecule has 0 spiro atoms. The number of hydrogen-bond acceptors (Lipinski definition) is 2. The second-order valence-corrected chi connectivity index (χ2v) is 5.01. The molecule has 3 heteroatoms. The van der Waals surface area contributed by atoms with E-state index in [1.807, 2.05) is 6.20 Å². The van der Waals surface area contributed by atoms with E-state index in [9.17, 15) is 0 Å². The lowest BCUT2D eigenvalue weighted by Gasteiger charge is -2.05. The molecule has 1 heterocycles. The molecule has 17 heavy (non-hydrogen) atoms. The number of hydrogen-bond donors (Lipinski definition) is 2. The van der Waals surface area contributed by atoms with Crippen LogP contribution in [0.25, 0.3) is 11.3 Å².